The number of hydrogen-bond donors (Lipinski definition) is 2. The monoisotopic (exact) mass is 368 g/mol. The third-order valence-corrected chi connectivity index (χ3v) is 3.83. The Morgan fingerprint density at radius 1 is 1.00 bits per heavy atom. The van der Waals surface area contributed by atoms with Crippen LogP contribution in [0.5, 0.6) is 0 Å². The Balaban J connectivity index is 1.77. The van der Waals surface area contributed by atoms with Crippen molar-refractivity contribution in [2.45, 2.75) is 20.4 Å². The molecule has 7 heteroatoms. The van der Waals surface area contributed by atoms with Gasteiger partial charge in [0.05, 0.1) is 0 Å². The van der Waals surface area contributed by atoms with Crippen LogP contribution in [0.4, 0.5) is 20.3 Å². The molecule has 1 aromatic heterocycles. The second-order valence-electron chi connectivity index (χ2n) is 6.08. The van der Waals surface area contributed by atoms with Crippen LogP contribution in [-0.2, 0) is 6.54 Å². The molecule has 0 aliphatic rings. The Kier molecular flexibility index (Phi) is 5.40. The van der Waals surface area contributed by atoms with Gasteiger partial charge in [0.25, 0.3) is 5.91 Å². The van der Waals surface area contributed by atoms with Gasteiger partial charge in [-0.2, -0.15) is 0 Å². The maximum absolute atomic E-state index is 13.7. The molecule has 0 saturated carbocycles. The molecule has 2 N–H and O–H groups in total. The van der Waals surface area contributed by atoms with Crippen molar-refractivity contribution in [3.8, 4) is 0 Å². The first kappa shape index (κ1) is 18.4. The van der Waals surface area contributed by atoms with Crippen LogP contribution in [-0.4, -0.2) is 15.9 Å². The standard InChI is InChI=1S/C20H18F2N4O/c1-12-5-3-6-14(9-12)11-23-18-10-17(24-13(2)25-18)20(27)26-19-15(21)7-4-8-16(19)22/h3-10H,11H2,1-2H3,(H,26,27)(H,23,24,25). The molecule has 0 aliphatic heterocycles. The summed E-state index contributed by atoms with van der Waals surface area (Å²) in [7, 11) is 0. The highest BCUT2D eigenvalue weighted by Crippen LogP contribution is 2.19. The number of aryl methyl sites for hydroxylation is 2. The van der Waals surface area contributed by atoms with E-state index in [-0.39, 0.29) is 5.69 Å². The van der Waals surface area contributed by atoms with Gasteiger partial charge in [0.15, 0.2) is 0 Å². The molecular formula is C20H18F2N4O. The number of nitrogens with zero attached hydrogens (tertiary/aromatic N) is 2. The molecule has 1 amide bonds. The molecule has 0 saturated heterocycles. The van der Waals surface area contributed by atoms with Crippen LogP contribution in [0, 0.1) is 25.5 Å². The SMILES string of the molecule is Cc1cccc(CNc2cc(C(=O)Nc3c(F)cccc3F)nc(C)n2)c1. The molecule has 27 heavy (non-hydrogen) atoms. The highest BCUT2D eigenvalue weighted by Gasteiger charge is 2.16. The number of benzene rings is 2. The first-order chi connectivity index (χ1) is 12.9. The second-order valence-corrected chi connectivity index (χ2v) is 6.08. The van der Waals surface area contributed by atoms with Gasteiger partial charge < -0.3 is 10.6 Å². The van der Waals surface area contributed by atoms with Crippen molar-refractivity contribution in [1.29, 1.82) is 0 Å². The Labute approximate surface area is 155 Å². The van der Waals surface area contributed by atoms with Gasteiger partial charge in [-0.1, -0.05) is 35.9 Å². The van der Waals surface area contributed by atoms with E-state index in [2.05, 4.69) is 20.6 Å². The predicted molar refractivity (Wildman–Crippen MR) is 99.6 cm³/mol. The molecule has 5 nitrogen and oxygen atoms in total. The highest BCUT2D eigenvalue weighted by molar-refractivity contribution is 6.03. The van der Waals surface area contributed by atoms with Crippen LogP contribution in [0.2, 0.25) is 0 Å². The number of nitrogens with one attached hydrogen (secondary N) is 2. The molecule has 2 aromatic carbocycles. The van der Waals surface area contributed by atoms with Crippen molar-refractivity contribution in [3.05, 3.63) is 82.8 Å². The summed E-state index contributed by atoms with van der Waals surface area (Å²) in [5, 5.41) is 5.36. The van der Waals surface area contributed by atoms with Crippen LogP contribution in [0.15, 0.2) is 48.5 Å². The first-order valence-corrected chi connectivity index (χ1v) is 8.33. The molecule has 0 unspecified atom stereocenters. The lowest BCUT2D eigenvalue weighted by Gasteiger charge is -2.10. The lowest BCUT2D eigenvalue weighted by molar-refractivity contribution is 0.102. The predicted octanol–water partition coefficient (Wildman–Crippen LogP) is 4.24. The molecule has 1 heterocycles. The molecule has 0 bridgehead atoms. The number of anilines is 2. The van der Waals surface area contributed by atoms with Gasteiger partial charge >= 0.3 is 0 Å². The van der Waals surface area contributed by atoms with E-state index in [0.717, 1.165) is 23.3 Å². The van der Waals surface area contributed by atoms with Crippen LogP contribution in [0.25, 0.3) is 0 Å². The zero-order chi connectivity index (χ0) is 19.4. The summed E-state index contributed by atoms with van der Waals surface area (Å²) in [4.78, 5) is 20.7. The van der Waals surface area contributed by atoms with Crippen molar-refractivity contribution >= 4 is 17.4 Å². The van der Waals surface area contributed by atoms with E-state index >= 15 is 0 Å². The summed E-state index contributed by atoms with van der Waals surface area (Å²) < 4.78 is 27.5. The van der Waals surface area contributed by atoms with Crippen molar-refractivity contribution in [2.75, 3.05) is 10.6 Å². The van der Waals surface area contributed by atoms with Crippen molar-refractivity contribution in [1.82, 2.24) is 9.97 Å². The van der Waals surface area contributed by atoms with Gasteiger partial charge in [-0.3, -0.25) is 4.79 Å². The minimum atomic E-state index is -0.855. The minimum Gasteiger partial charge on any atom is -0.366 e. The molecule has 0 aliphatic carbocycles. The van der Waals surface area contributed by atoms with Crippen molar-refractivity contribution in [2.24, 2.45) is 0 Å². The molecule has 0 radical (unpaired) electrons. The summed E-state index contributed by atoms with van der Waals surface area (Å²) in [5.41, 5.74) is 1.70. The van der Waals surface area contributed by atoms with E-state index in [1.54, 1.807) is 6.92 Å². The molecule has 0 spiro atoms. The number of hydrogen-bond acceptors (Lipinski definition) is 4. The molecule has 0 fully saturated rings. The summed E-state index contributed by atoms with van der Waals surface area (Å²) in [5.74, 6) is -1.62. The van der Waals surface area contributed by atoms with E-state index in [0.29, 0.717) is 18.2 Å². The van der Waals surface area contributed by atoms with E-state index < -0.39 is 23.2 Å². The third kappa shape index (κ3) is 4.63. The smallest absolute Gasteiger partial charge is 0.274 e. The zero-order valence-corrected chi connectivity index (χ0v) is 14.9. The fourth-order valence-corrected chi connectivity index (χ4v) is 2.58. The third-order valence-electron chi connectivity index (χ3n) is 3.83. The molecule has 0 atom stereocenters. The normalized spacial score (nSPS) is 10.5. The van der Waals surface area contributed by atoms with Gasteiger partial charge in [-0.15, -0.1) is 0 Å². The fourth-order valence-electron chi connectivity index (χ4n) is 2.58. The van der Waals surface area contributed by atoms with Crippen LogP contribution < -0.4 is 10.6 Å². The summed E-state index contributed by atoms with van der Waals surface area (Å²) >= 11 is 0. The van der Waals surface area contributed by atoms with E-state index in [1.807, 2.05) is 31.2 Å². The molecule has 138 valence electrons. The average molecular weight is 368 g/mol. The zero-order valence-electron chi connectivity index (χ0n) is 14.9. The summed E-state index contributed by atoms with van der Waals surface area (Å²) in [6.07, 6.45) is 0. The number of aromatic nitrogens is 2. The largest absolute Gasteiger partial charge is 0.366 e. The van der Waals surface area contributed by atoms with E-state index in [1.165, 1.54) is 12.1 Å². The first-order valence-electron chi connectivity index (χ1n) is 8.33. The van der Waals surface area contributed by atoms with Crippen LogP contribution in [0.1, 0.15) is 27.4 Å². The maximum atomic E-state index is 13.7. The van der Waals surface area contributed by atoms with E-state index in [9.17, 15) is 13.6 Å². The molecular weight excluding hydrogens is 350 g/mol. The highest BCUT2D eigenvalue weighted by atomic mass is 19.1. The minimum absolute atomic E-state index is 0.0110. The van der Waals surface area contributed by atoms with E-state index in [4.69, 9.17) is 0 Å². The van der Waals surface area contributed by atoms with Gasteiger partial charge in [0, 0.05) is 12.6 Å². The van der Waals surface area contributed by atoms with Crippen LogP contribution >= 0.6 is 0 Å². The fraction of sp³-hybridized carbons (Fsp3) is 0.150. The van der Waals surface area contributed by atoms with Gasteiger partial charge in [0.1, 0.15) is 34.7 Å². The second kappa shape index (κ2) is 7.90. The average Bonchev–Trinajstić information content (AvgIpc) is 2.63. The Bertz CT molecular complexity index is 971. The number of para-hydroxylation sites is 1. The Morgan fingerprint density at radius 3 is 2.41 bits per heavy atom. The topological polar surface area (TPSA) is 66.9 Å². The number of carbonyl (C=O) groups is 1. The number of carbonyl (C=O) groups excluding carboxylic acids is 1. The maximum Gasteiger partial charge on any atom is 0.274 e. The quantitative estimate of drug-likeness (QED) is 0.707. The van der Waals surface area contributed by atoms with Gasteiger partial charge in [0.2, 0.25) is 0 Å². The Morgan fingerprint density at radius 2 is 1.70 bits per heavy atom. The molecule has 3 rings (SSSR count). The number of amides is 1. The lowest BCUT2D eigenvalue weighted by Crippen LogP contribution is -2.17. The van der Waals surface area contributed by atoms with Crippen molar-refractivity contribution in [3.63, 3.8) is 0 Å². The van der Waals surface area contributed by atoms with Crippen molar-refractivity contribution < 1.29 is 13.6 Å². The van der Waals surface area contributed by atoms with Gasteiger partial charge in [-0.25, -0.2) is 18.7 Å². The Hall–Kier alpha value is -3.35. The van der Waals surface area contributed by atoms with Gasteiger partial charge in [-0.05, 0) is 31.5 Å². The lowest BCUT2D eigenvalue weighted by atomic mass is 10.1. The number of halogens is 2. The van der Waals surface area contributed by atoms with Crippen LogP contribution in [0.3, 0.4) is 0 Å². The summed E-state index contributed by atoms with van der Waals surface area (Å²) in [6, 6.07) is 12.8. The number of rotatable bonds is 5. The molecule has 3 aromatic rings. The summed E-state index contributed by atoms with van der Waals surface area (Å²) in [6.45, 7) is 4.15.